The fraction of sp³-hybridized carbons (Fsp3) is 1.00. The highest BCUT2D eigenvalue weighted by atomic mass is 19.1. The number of halogens is 1. The van der Waals surface area contributed by atoms with Gasteiger partial charge in [-0.2, -0.15) is 0 Å². The largest absolute Gasteiger partial charge is 0.243 e. The summed E-state index contributed by atoms with van der Waals surface area (Å²) in [6.45, 7) is 14.1. The molecule has 23 heavy (non-hydrogen) atoms. The molecule has 3 saturated carbocycles. The molecular formula is C22H39F. The highest BCUT2D eigenvalue weighted by Gasteiger charge is 2.57. The van der Waals surface area contributed by atoms with Crippen molar-refractivity contribution in [2.75, 3.05) is 0 Å². The van der Waals surface area contributed by atoms with E-state index in [4.69, 9.17) is 0 Å². The average molecular weight is 323 g/mol. The topological polar surface area (TPSA) is 0 Å². The van der Waals surface area contributed by atoms with Crippen LogP contribution in [-0.4, -0.2) is 5.67 Å². The van der Waals surface area contributed by atoms with E-state index in [1.807, 2.05) is 0 Å². The summed E-state index contributed by atoms with van der Waals surface area (Å²) >= 11 is 0. The number of rotatable bonds is 3. The molecule has 0 bridgehead atoms. The van der Waals surface area contributed by atoms with Gasteiger partial charge < -0.3 is 0 Å². The highest BCUT2D eigenvalue weighted by Crippen LogP contribution is 2.59. The van der Waals surface area contributed by atoms with Crippen LogP contribution in [0.3, 0.4) is 0 Å². The van der Waals surface area contributed by atoms with Crippen molar-refractivity contribution in [3.63, 3.8) is 0 Å². The molecule has 134 valence electrons. The predicted octanol–water partition coefficient (Wildman–Crippen LogP) is 6.74. The molecule has 0 aliphatic heterocycles. The summed E-state index contributed by atoms with van der Waals surface area (Å²) < 4.78 is 16.9. The molecule has 0 aromatic heterocycles. The maximum absolute atomic E-state index is 16.9. The maximum Gasteiger partial charge on any atom is 0.119 e. The normalized spacial score (nSPS) is 53.6. The van der Waals surface area contributed by atoms with E-state index in [1.165, 1.54) is 0 Å². The molecule has 6 unspecified atom stereocenters. The fourth-order valence-corrected chi connectivity index (χ4v) is 6.46. The van der Waals surface area contributed by atoms with Crippen molar-refractivity contribution in [2.45, 2.75) is 85.7 Å². The summed E-state index contributed by atoms with van der Waals surface area (Å²) in [5, 5.41) is 0. The Morgan fingerprint density at radius 2 is 0.652 bits per heavy atom. The van der Waals surface area contributed by atoms with Gasteiger partial charge in [-0.25, -0.2) is 4.39 Å². The first-order chi connectivity index (χ1) is 10.7. The van der Waals surface area contributed by atoms with Gasteiger partial charge in [0.25, 0.3) is 0 Å². The third-order valence-corrected chi connectivity index (χ3v) is 8.73. The van der Waals surface area contributed by atoms with Crippen LogP contribution in [-0.2, 0) is 0 Å². The van der Waals surface area contributed by atoms with Crippen LogP contribution in [0, 0.1) is 53.3 Å². The zero-order valence-corrected chi connectivity index (χ0v) is 16.3. The molecule has 0 nitrogen and oxygen atoms in total. The molecule has 0 aromatic rings. The Labute approximate surface area is 144 Å². The molecule has 0 spiro atoms. The molecule has 3 fully saturated rings. The molecule has 6 atom stereocenters. The Hall–Kier alpha value is -0.0700. The summed E-state index contributed by atoms with van der Waals surface area (Å²) in [4.78, 5) is 0. The number of alkyl halides is 1. The van der Waals surface area contributed by atoms with E-state index in [0.717, 1.165) is 38.5 Å². The van der Waals surface area contributed by atoms with Crippen molar-refractivity contribution in [1.29, 1.82) is 0 Å². The minimum Gasteiger partial charge on any atom is -0.243 e. The zero-order chi connectivity index (χ0) is 16.9. The summed E-state index contributed by atoms with van der Waals surface area (Å²) in [6.07, 6.45) is 6.81. The van der Waals surface area contributed by atoms with Gasteiger partial charge >= 0.3 is 0 Å². The van der Waals surface area contributed by atoms with Crippen LogP contribution < -0.4 is 0 Å². The van der Waals surface area contributed by atoms with Gasteiger partial charge in [-0.3, -0.25) is 0 Å². The van der Waals surface area contributed by atoms with Gasteiger partial charge in [0.05, 0.1) is 0 Å². The Morgan fingerprint density at radius 1 is 0.478 bits per heavy atom. The van der Waals surface area contributed by atoms with E-state index < -0.39 is 5.67 Å². The van der Waals surface area contributed by atoms with Crippen LogP contribution in [0.25, 0.3) is 0 Å². The Morgan fingerprint density at radius 3 is 0.826 bits per heavy atom. The van der Waals surface area contributed by atoms with Gasteiger partial charge in [0.2, 0.25) is 0 Å². The van der Waals surface area contributed by atoms with E-state index in [9.17, 15) is 0 Å². The monoisotopic (exact) mass is 322 g/mol. The summed E-state index contributed by atoms with van der Waals surface area (Å²) in [5.74, 6) is 5.26. The van der Waals surface area contributed by atoms with Crippen LogP contribution in [0.2, 0.25) is 0 Å². The van der Waals surface area contributed by atoms with Crippen molar-refractivity contribution in [2.24, 2.45) is 53.3 Å². The fourth-order valence-electron chi connectivity index (χ4n) is 6.46. The Balaban J connectivity index is 1.87. The van der Waals surface area contributed by atoms with Gasteiger partial charge in [0.15, 0.2) is 0 Å². The summed E-state index contributed by atoms with van der Waals surface area (Å²) in [6, 6.07) is 0. The second-order valence-corrected chi connectivity index (χ2v) is 10.2. The molecule has 3 rings (SSSR count). The van der Waals surface area contributed by atoms with Gasteiger partial charge in [0, 0.05) is 0 Å². The molecule has 3 aliphatic carbocycles. The minimum absolute atomic E-state index is 0.331. The van der Waals surface area contributed by atoms with E-state index in [-0.39, 0.29) is 0 Å². The second-order valence-electron chi connectivity index (χ2n) is 10.2. The van der Waals surface area contributed by atoms with Crippen molar-refractivity contribution in [3.05, 3.63) is 0 Å². The molecule has 0 heterocycles. The van der Waals surface area contributed by atoms with Gasteiger partial charge in [-0.15, -0.1) is 0 Å². The van der Waals surface area contributed by atoms with Gasteiger partial charge in [0.1, 0.15) is 5.67 Å². The Bertz CT molecular complexity index is 326. The van der Waals surface area contributed by atoms with E-state index in [0.29, 0.717) is 53.3 Å². The van der Waals surface area contributed by atoms with Crippen LogP contribution in [0.1, 0.15) is 80.1 Å². The first kappa shape index (κ1) is 17.7. The smallest absolute Gasteiger partial charge is 0.119 e. The molecule has 0 radical (unpaired) electrons. The van der Waals surface area contributed by atoms with Crippen molar-refractivity contribution >= 4 is 0 Å². The second kappa shape index (κ2) is 6.34. The highest BCUT2D eigenvalue weighted by molar-refractivity contribution is 5.06. The predicted molar refractivity (Wildman–Crippen MR) is 97.0 cm³/mol. The van der Waals surface area contributed by atoms with Gasteiger partial charge in [-0.1, -0.05) is 41.5 Å². The molecule has 0 saturated heterocycles. The molecule has 3 aliphatic rings. The van der Waals surface area contributed by atoms with Gasteiger partial charge in [-0.05, 0) is 91.8 Å². The molecule has 0 amide bonds. The lowest BCUT2D eigenvalue weighted by Gasteiger charge is -2.42. The molecule has 0 N–H and O–H groups in total. The molecule has 0 aromatic carbocycles. The number of hydrogen-bond donors (Lipinski definition) is 0. The third kappa shape index (κ3) is 2.99. The SMILES string of the molecule is CC1CC(C(F)(C2CC(C)C(C)C2)C2CC(C)C(C)C2)CC1C. The summed E-state index contributed by atoms with van der Waals surface area (Å²) in [5.41, 5.74) is -0.878. The third-order valence-electron chi connectivity index (χ3n) is 8.73. The molecular weight excluding hydrogens is 283 g/mol. The lowest BCUT2D eigenvalue weighted by Crippen LogP contribution is -2.45. The standard InChI is InChI=1S/C22H39F/c1-13-7-19(8-14(13)2)22(23,20-9-15(3)16(4)10-20)21-11-17(5)18(6)12-21/h13-21H,7-12H2,1-6H3. The van der Waals surface area contributed by atoms with E-state index >= 15 is 4.39 Å². The first-order valence-electron chi connectivity index (χ1n) is 10.4. The van der Waals surface area contributed by atoms with Crippen LogP contribution in [0.5, 0.6) is 0 Å². The lowest BCUT2D eigenvalue weighted by atomic mass is 9.67. The van der Waals surface area contributed by atoms with Crippen LogP contribution in [0.15, 0.2) is 0 Å². The quantitative estimate of drug-likeness (QED) is 0.539. The van der Waals surface area contributed by atoms with Crippen LogP contribution in [0.4, 0.5) is 4.39 Å². The Kier molecular flexibility index (Phi) is 4.89. The van der Waals surface area contributed by atoms with Crippen molar-refractivity contribution in [1.82, 2.24) is 0 Å². The van der Waals surface area contributed by atoms with Crippen molar-refractivity contribution < 1.29 is 4.39 Å². The summed E-state index contributed by atoms with van der Waals surface area (Å²) in [7, 11) is 0. The zero-order valence-electron chi connectivity index (χ0n) is 16.3. The van der Waals surface area contributed by atoms with E-state index in [2.05, 4.69) is 41.5 Å². The average Bonchev–Trinajstić information content (AvgIpc) is 3.11. The number of hydrogen-bond acceptors (Lipinski definition) is 0. The molecule has 1 heteroatoms. The van der Waals surface area contributed by atoms with Crippen LogP contribution >= 0.6 is 0 Å². The minimum atomic E-state index is -0.878. The lowest BCUT2D eigenvalue weighted by molar-refractivity contribution is -0.0413. The van der Waals surface area contributed by atoms with Crippen molar-refractivity contribution in [3.8, 4) is 0 Å². The first-order valence-corrected chi connectivity index (χ1v) is 10.4. The maximum atomic E-state index is 16.9. The van der Waals surface area contributed by atoms with E-state index in [1.54, 1.807) is 0 Å².